The highest BCUT2D eigenvalue weighted by Gasteiger charge is 2.25. The maximum atomic E-state index is 13.9. The summed E-state index contributed by atoms with van der Waals surface area (Å²) >= 11 is 16.9. The molecular formula is C12H16Cl2FO3PS. The fraction of sp³-hybridized carbons (Fsp3) is 0.500. The van der Waals surface area contributed by atoms with Gasteiger partial charge in [0.05, 0.1) is 18.2 Å². The fourth-order valence-electron chi connectivity index (χ4n) is 1.22. The number of hydrogen-bond acceptors (Lipinski definition) is 4. The van der Waals surface area contributed by atoms with Gasteiger partial charge < -0.3 is 4.52 Å². The Balaban J connectivity index is 2.97. The van der Waals surface area contributed by atoms with Crippen molar-refractivity contribution >= 4 is 41.7 Å². The minimum absolute atomic E-state index is 0.0319. The number of rotatable bonds is 8. The minimum Gasteiger partial charge on any atom is -0.419 e. The Morgan fingerprint density at radius 2 is 1.70 bits per heavy atom. The van der Waals surface area contributed by atoms with Crippen molar-refractivity contribution in [3.05, 3.63) is 28.0 Å². The van der Waals surface area contributed by atoms with Gasteiger partial charge in [0.15, 0.2) is 11.6 Å². The Labute approximate surface area is 133 Å². The second-order valence-corrected chi connectivity index (χ2v) is 7.68. The van der Waals surface area contributed by atoms with Crippen molar-refractivity contribution in [1.82, 2.24) is 0 Å². The lowest BCUT2D eigenvalue weighted by atomic mass is 10.3. The Morgan fingerprint density at radius 3 is 2.15 bits per heavy atom. The molecule has 0 saturated heterocycles. The van der Waals surface area contributed by atoms with E-state index in [0.717, 1.165) is 18.9 Å². The van der Waals surface area contributed by atoms with E-state index in [9.17, 15) is 4.39 Å². The third kappa shape index (κ3) is 5.47. The highest BCUT2D eigenvalue weighted by Crippen LogP contribution is 2.52. The van der Waals surface area contributed by atoms with Gasteiger partial charge in [-0.1, -0.05) is 37.0 Å². The summed E-state index contributed by atoms with van der Waals surface area (Å²) in [7, 11) is 0. The lowest BCUT2D eigenvalue weighted by Gasteiger charge is -2.22. The molecule has 0 unspecified atom stereocenters. The molecule has 0 bridgehead atoms. The van der Waals surface area contributed by atoms with E-state index in [4.69, 9.17) is 48.6 Å². The second kappa shape index (κ2) is 8.52. The molecule has 0 aliphatic heterocycles. The van der Waals surface area contributed by atoms with Crippen molar-refractivity contribution < 1.29 is 18.0 Å². The average molecular weight is 361 g/mol. The molecule has 0 aromatic heterocycles. The van der Waals surface area contributed by atoms with Gasteiger partial charge in [-0.15, -0.1) is 0 Å². The second-order valence-electron chi connectivity index (χ2n) is 3.90. The van der Waals surface area contributed by atoms with E-state index in [0.29, 0.717) is 13.2 Å². The third-order valence-corrected chi connectivity index (χ3v) is 4.83. The van der Waals surface area contributed by atoms with Crippen LogP contribution in [-0.4, -0.2) is 13.2 Å². The van der Waals surface area contributed by atoms with Crippen molar-refractivity contribution in [1.29, 1.82) is 0 Å². The highest BCUT2D eigenvalue weighted by atomic mass is 35.5. The van der Waals surface area contributed by atoms with Crippen LogP contribution in [0.25, 0.3) is 0 Å². The van der Waals surface area contributed by atoms with Crippen molar-refractivity contribution in [2.45, 2.75) is 26.7 Å². The van der Waals surface area contributed by atoms with Gasteiger partial charge in [0.2, 0.25) is 0 Å². The molecule has 8 heteroatoms. The molecule has 0 fully saturated rings. The van der Waals surface area contributed by atoms with E-state index in [1.54, 1.807) is 0 Å². The van der Waals surface area contributed by atoms with Crippen LogP contribution in [0.1, 0.15) is 26.7 Å². The maximum absolute atomic E-state index is 13.9. The van der Waals surface area contributed by atoms with Crippen LogP contribution >= 0.6 is 29.9 Å². The molecule has 0 radical (unpaired) electrons. The quantitative estimate of drug-likeness (QED) is 0.564. The molecule has 20 heavy (non-hydrogen) atoms. The summed E-state index contributed by atoms with van der Waals surface area (Å²) in [4.78, 5) is 0. The van der Waals surface area contributed by atoms with Gasteiger partial charge in [0.25, 0.3) is 0 Å². The summed E-state index contributed by atoms with van der Waals surface area (Å²) < 4.78 is 30.2. The predicted molar refractivity (Wildman–Crippen MR) is 83.8 cm³/mol. The van der Waals surface area contributed by atoms with E-state index in [1.807, 2.05) is 13.8 Å². The van der Waals surface area contributed by atoms with Crippen molar-refractivity contribution in [3.63, 3.8) is 0 Å². The molecule has 0 amide bonds. The van der Waals surface area contributed by atoms with E-state index in [-0.39, 0.29) is 15.8 Å². The fourth-order valence-corrected chi connectivity index (χ4v) is 3.86. The molecule has 3 nitrogen and oxygen atoms in total. The Bertz CT molecular complexity index is 467. The van der Waals surface area contributed by atoms with E-state index < -0.39 is 12.5 Å². The highest BCUT2D eigenvalue weighted by molar-refractivity contribution is 8.07. The van der Waals surface area contributed by atoms with Crippen LogP contribution in [0.2, 0.25) is 10.0 Å². The third-order valence-electron chi connectivity index (χ3n) is 2.07. The normalized spacial score (nSPS) is 11.7. The van der Waals surface area contributed by atoms with Crippen molar-refractivity contribution in [2.75, 3.05) is 13.2 Å². The molecule has 0 atom stereocenters. The predicted octanol–water partition coefficient (Wildman–Crippen LogP) is 5.59. The van der Waals surface area contributed by atoms with Gasteiger partial charge in [-0.3, -0.25) is 9.05 Å². The van der Waals surface area contributed by atoms with Crippen molar-refractivity contribution in [3.8, 4) is 5.75 Å². The summed E-state index contributed by atoms with van der Waals surface area (Å²) in [5, 5.41) is 0.210. The zero-order chi connectivity index (χ0) is 15.2. The Hall–Kier alpha value is 0.1000. The first-order valence-corrected chi connectivity index (χ1v) is 9.46. The zero-order valence-electron chi connectivity index (χ0n) is 11.2. The lowest BCUT2D eigenvalue weighted by Crippen LogP contribution is -2.05. The molecule has 0 aliphatic carbocycles. The van der Waals surface area contributed by atoms with Gasteiger partial charge >= 0.3 is 6.72 Å². The zero-order valence-corrected chi connectivity index (χ0v) is 14.4. The molecule has 1 aromatic carbocycles. The van der Waals surface area contributed by atoms with E-state index >= 15 is 0 Å². The van der Waals surface area contributed by atoms with Crippen LogP contribution < -0.4 is 4.52 Å². The average Bonchev–Trinajstić information content (AvgIpc) is 2.39. The molecular weight excluding hydrogens is 345 g/mol. The first-order chi connectivity index (χ1) is 9.41. The molecule has 1 rings (SSSR count). The molecule has 1 aromatic rings. The van der Waals surface area contributed by atoms with Gasteiger partial charge in [-0.25, -0.2) is 4.39 Å². The topological polar surface area (TPSA) is 27.7 Å². The molecule has 0 heterocycles. The van der Waals surface area contributed by atoms with Gasteiger partial charge in [-0.05, 0) is 25.0 Å². The molecule has 0 aliphatic rings. The van der Waals surface area contributed by atoms with E-state index in [2.05, 4.69) is 0 Å². The summed E-state index contributed by atoms with van der Waals surface area (Å²) in [6, 6.07) is 2.48. The molecule has 0 spiro atoms. The smallest absolute Gasteiger partial charge is 0.380 e. The van der Waals surface area contributed by atoms with Crippen LogP contribution in [0.15, 0.2) is 12.1 Å². The van der Waals surface area contributed by atoms with Gasteiger partial charge in [-0.2, -0.15) is 0 Å². The summed E-state index contributed by atoms with van der Waals surface area (Å²) in [5.41, 5.74) is 0. The summed E-state index contributed by atoms with van der Waals surface area (Å²) in [6.07, 6.45) is 1.49. The Morgan fingerprint density at radius 1 is 1.15 bits per heavy atom. The van der Waals surface area contributed by atoms with Crippen LogP contribution in [-0.2, 0) is 20.9 Å². The largest absolute Gasteiger partial charge is 0.419 e. The summed E-state index contributed by atoms with van der Waals surface area (Å²) in [6.45, 7) is 1.51. The summed E-state index contributed by atoms with van der Waals surface area (Å²) in [5.74, 6) is -0.886. The van der Waals surface area contributed by atoms with Crippen LogP contribution in [0.4, 0.5) is 4.39 Å². The first-order valence-electron chi connectivity index (χ1n) is 6.15. The van der Waals surface area contributed by atoms with E-state index in [1.165, 1.54) is 6.07 Å². The van der Waals surface area contributed by atoms with Crippen molar-refractivity contribution in [2.24, 2.45) is 0 Å². The van der Waals surface area contributed by atoms with Crippen LogP contribution in [0, 0.1) is 5.82 Å². The monoisotopic (exact) mass is 360 g/mol. The maximum Gasteiger partial charge on any atom is 0.380 e. The SMILES string of the molecule is CCCOP(=S)(OCCC)Oc1c(F)cc(Cl)cc1Cl. The standard InChI is InChI=1S/C12H16Cl2FO3PS/c1-3-5-16-19(20,17-6-4-2)18-12-10(14)7-9(13)8-11(12)15/h7-8H,3-6H2,1-2H3. The first kappa shape index (κ1) is 18.1. The molecule has 114 valence electrons. The van der Waals surface area contributed by atoms with Gasteiger partial charge in [0, 0.05) is 16.8 Å². The van der Waals surface area contributed by atoms with Crippen LogP contribution in [0.5, 0.6) is 5.75 Å². The number of benzene rings is 1. The number of hydrogen-bond donors (Lipinski definition) is 0. The van der Waals surface area contributed by atoms with Gasteiger partial charge in [0.1, 0.15) is 0 Å². The van der Waals surface area contributed by atoms with Crippen LogP contribution in [0.3, 0.4) is 0 Å². The lowest BCUT2D eigenvalue weighted by molar-refractivity contribution is 0.200. The molecule has 0 N–H and O–H groups in total. The minimum atomic E-state index is -3.08. The molecule has 0 saturated carbocycles. The number of halogens is 3. The Kier molecular flexibility index (Phi) is 7.73.